The number of nitrogens with zero attached hydrogens (tertiary/aromatic N) is 1. The van der Waals surface area contributed by atoms with Gasteiger partial charge >= 0.3 is 0 Å². The molecule has 0 spiro atoms. The summed E-state index contributed by atoms with van der Waals surface area (Å²) >= 11 is 5.57. The summed E-state index contributed by atoms with van der Waals surface area (Å²) in [6, 6.07) is 7.25. The van der Waals surface area contributed by atoms with E-state index in [0.717, 1.165) is 17.9 Å². The molecule has 2 amide bonds. The number of halogens is 1. The number of carbonyl (C=O) groups excluding carboxylic acids is 2. The van der Waals surface area contributed by atoms with E-state index in [4.69, 9.17) is 16.3 Å². The molecule has 1 unspecified atom stereocenters. The molecule has 1 saturated heterocycles. The van der Waals surface area contributed by atoms with Crippen molar-refractivity contribution in [3.8, 4) is 5.75 Å². The van der Waals surface area contributed by atoms with Crippen molar-refractivity contribution in [3.05, 3.63) is 24.3 Å². The molecule has 1 aromatic rings. The normalized spacial score (nSPS) is 17.9. The van der Waals surface area contributed by atoms with E-state index in [1.807, 2.05) is 12.1 Å². The van der Waals surface area contributed by atoms with E-state index in [1.165, 1.54) is 0 Å². The maximum Gasteiger partial charge on any atom is 0.227 e. The van der Waals surface area contributed by atoms with Gasteiger partial charge in [-0.25, -0.2) is 0 Å². The van der Waals surface area contributed by atoms with Crippen LogP contribution in [0.3, 0.4) is 0 Å². The molecule has 0 aromatic heterocycles. The zero-order chi connectivity index (χ0) is 15.2. The summed E-state index contributed by atoms with van der Waals surface area (Å²) in [7, 11) is 1.59. The Morgan fingerprint density at radius 1 is 1.43 bits per heavy atom. The Morgan fingerprint density at radius 3 is 2.76 bits per heavy atom. The molecule has 21 heavy (non-hydrogen) atoms. The fourth-order valence-corrected chi connectivity index (χ4v) is 2.45. The highest BCUT2D eigenvalue weighted by molar-refractivity contribution is 6.17. The van der Waals surface area contributed by atoms with Crippen molar-refractivity contribution in [2.24, 2.45) is 5.92 Å². The summed E-state index contributed by atoms with van der Waals surface area (Å²) in [6.45, 7) is 0.966. The molecule has 1 aliphatic rings. The van der Waals surface area contributed by atoms with Crippen LogP contribution in [0.25, 0.3) is 0 Å². The second kappa shape index (κ2) is 7.31. The molecule has 6 heteroatoms. The molecule has 0 aliphatic carbocycles. The number of carbonyl (C=O) groups is 2. The number of methoxy groups -OCH3 is 1. The minimum absolute atomic E-state index is 0.0299. The molecule has 114 valence electrons. The predicted octanol–water partition coefficient (Wildman–Crippen LogP) is 1.79. The lowest BCUT2D eigenvalue weighted by Crippen LogP contribution is -2.33. The molecular weight excluding hydrogens is 292 g/mol. The Labute approximate surface area is 129 Å². The Balaban J connectivity index is 1.96. The largest absolute Gasteiger partial charge is 0.497 e. The molecule has 0 bridgehead atoms. The van der Waals surface area contributed by atoms with Crippen molar-refractivity contribution in [1.82, 2.24) is 5.32 Å². The van der Waals surface area contributed by atoms with Gasteiger partial charge in [-0.2, -0.15) is 0 Å². The topological polar surface area (TPSA) is 58.6 Å². The summed E-state index contributed by atoms with van der Waals surface area (Å²) in [5.41, 5.74) is 0.789. The Kier molecular flexibility index (Phi) is 5.44. The summed E-state index contributed by atoms with van der Waals surface area (Å²) in [5.74, 6) is 0.847. The molecule has 5 nitrogen and oxygen atoms in total. The minimum atomic E-state index is -0.296. The van der Waals surface area contributed by atoms with Gasteiger partial charge in [0.2, 0.25) is 11.8 Å². The van der Waals surface area contributed by atoms with Crippen LogP contribution in [0.4, 0.5) is 5.69 Å². The van der Waals surface area contributed by atoms with E-state index in [9.17, 15) is 9.59 Å². The van der Waals surface area contributed by atoms with Crippen LogP contribution in [0, 0.1) is 5.92 Å². The monoisotopic (exact) mass is 310 g/mol. The molecule has 1 fully saturated rings. The van der Waals surface area contributed by atoms with Gasteiger partial charge < -0.3 is 15.0 Å². The second-order valence-corrected chi connectivity index (χ2v) is 5.31. The maximum absolute atomic E-state index is 12.1. The quantitative estimate of drug-likeness (QED) is 0.644. The number of hydrogen-bond donors (Lipinski definition) is 1. The van der Waals surface area contributed by atoms with E-state index in [1.54, 1.807) is 24.1 Å². The number of hydrogen-bond acceptors (Lipinski definition) is 3. The molecule has 1 aromatic carbocycles. The van der Waals surface area contributed by atoms with Crippen LogP contribution < -0.4 is 15.0 Å². The molecule has 1 aliphatic heterocycles. The standard InChI is InChI=1S/C15H19ClN2O3/c1-21-13-5-3-12(4-6-13)18-10-11(9-14(18)19)15(20)17-8-2-7-16/h3-6,11H,2,7-10H2,1H3,(H,17,20). The molecule has 1 heterocycles. The first kappa shape index (κ1) is 15.6. The number of nitrogens with one attached hydrogen (secondary N) is 1. The van der Waals surface area contributed by atoms with E-state index in [0.29, 0.717) is 19.0 Å². The lowest BCUT2D eigenvalue weighted by Gasteiger charge is -2.17. The van der Waals surface area contributed by atoms with Crippen molar-refractivity contribution < 1.29 is 14.3 Å². The van der Waals surface area contributed by atoms with Crippen LogP contribution in [0.15, 0.2) is 24.3 Å². The van der Waals surface area contributed by atoms with E-state index < -0.39 is 0 Å². The van der Waals surface area contributed by atoms with Gasteiger partial charge in [0.15, 0.2) is 0 Å². The van der Waals surface area contributed by atoms with E-state index >= 15 is 0 Å². The summed E-state index contributed by atoms with van der Waals surface area (Å²) in [5, 5.41) is 2.81. The van der Waals surface area contributed by atoms with Crippen LogP contribution in [0.1, 0.15) is 12.8 Å². The first-order valence-corrected chi connectivity index (χ1v) is 7.47. The molecule has 0 radical (unpaired) electrons. The van der Waals surface area contributed by atoms with Crippen molar-refractivity contribution in [2.45, 2.75) is 12.8 Å². The lowest BCUT2D eigenvalue weighted by atomic mass is 10.1. The number of rotatable bonds is 6. The van der Waals surface area contributed by atoms with Crippen molar-refractivity contribution in [1.29, 1.82) is 0 Å². The summed E-state index contributed by atoms with van der Waals surface area (Å²) < 4.78 is 5.09. The third-order valence-electron chi connectivity index (χ3n) is 3.49. The highest BCUT2D eigenvalue weighted by Crippen LogP contribution is 2.26. The van der Waals surface area contributed by atoms with Crippen LogP contribution >= 0.6 is 11.6 Å². The fraction of sp³-hybridized carbons (Fsp3) is 0.467. The minimum Gasteiger partial charge on any atom is -0.497 e. The highest BCUT2D eigenvalue weighted by Gasteiger charge is 2.34. The van der Waals surface area contributed by atoms with Gasteiger partial charge in [-0.1, -0.05) is 0 Å². The summed E-state index contributed by atoms with van der Waals surface area (Å²) in [6.07, 6.45) is 0.981. The zero-order valence-electron chi connectivity index (χ0n) is 12.0. The number of anilines is 1. The van der Waals surface area contributed by atoms with Crippen LogP contribution in [-0.2, 0) is 9.59 Å². The van der Waals surface area contributed by atoms with Gasteiger partial charge in [-0.3, -0.25) is 9.59 Å². The summed E-state index contributed by atoms with van der Waals surface area (Å²) in [4.78, 5) is 25.7. The SMILES string of the molecule is COc1ccc(N2CC(C(=O)NCCCCl)CC2=O)cc1. The maximum atomic E-state index is 12.1. The molecule has 1 atom stereocenters. The number of ether oxygens (including phenoxy) is 1. The third kappa shape index (κ3) is 3.88. The first-order chi connectivity index (χ1) is 10.2. The van der Waals surface area contributed by atoms with E-state index in [-0.39, 0.29) is 24.2 Å². The molecular formula is C15H19ClN2O3. The van der Waals surface area contributed by atoms with Gasteiger partial charge in [0, 0.05) is 31.1 Å². The van der Waals surface area contributed by atoms with Crippen molar-refractivity contribution >= 4 is 29.1 Å². The lowest BCUT2D eigenvalue weighted by molar-refractivity contribution is -0.126. The van der Waals surface area contributed by atoms with Crippen molar-refractivity contribution in [2.75, 3.05) is 31.0 Å². The second-order valence-electron chi connectivity index (χ2n) is 4.94. The van der Waals surface area contributed by atoms with Crippen molar-refractivity contribution in [3.63, 3.8) is 0 Å². The number of benzene rings is 1. The average Bonchev–Trinajstić information content (AvgIpc) is 2.89. The van der Waals surface area contributed by atoms with Gasteiger partial charge in [0.25, 0.3) is 0 Å². The van der Waals surface area contributed by atoms with Gasteiger partial charge in [0.05, 0.1) is 13.0 Å². The zero-order valence-corrected chi connectivity index (χ0v) is 12.7. The van der Waals surface area contributed by atoms with Crippen LogP contribution in [-0.4, -0.2) is 37.9 Å². The fourth-order valence-electron chi connectivity index (χ4n) is 2.32. The number of alkyl halides is 1. The van der Waals surface area contributed by atoms with Crippen LogP contribution in [0.5, 0.6) is 5.75 Å². The molecule has 1 N–H and O–H groups in total. The first-order valence-electron chi connectivity index (χ1n) is 6.93. The highest BCUT2D eigenvalue weighted by atomic mass is 35.5. The molecule has 0 saturated carbocycles. The Morgan fingerprint density at radius 2 is 2.14 bits per heavy atom. The number of amides is 2. The Hall–Kier alpha value is -1.75. The average molecular weight is 311 g/mol. The van der Waals surface area contributed by atoms with Gasteiger partial charge in [0.1, 0.15) is 5.75 Å². The molecule has 2 rings (SSSR count). The van der Waals surface area contributed by atoms with E-state index in [2.05, 4.69) is 5.32 Å². The van der Waals surface area contributed by atoms with Gasteiger partial charge in [-0.05, 0) is 30.7 Å². The third-order valence-corrected chi connectivity index (χ3v) is 3.76. The predicted molar refractivity (Wildman–Crippen MR) is 81.8 cm³/mol. The smallest absolute Gasteiger partial charge is 0.227 e. The van der Waals surface area contributed by atoms with Crippen LogP contribution in [0.2, 0.25) is 0 Å². The van der Waals surface area contributed by atoms with Gasteiger partial charge in [-0.15, -0.1) is 11.6 Å². The Bertz CT molecular complexity index is 504.